The Kier molecular flexibility index (Phi) is 7.46. The second kappa shape index (κ2) is 9.62. The third kappa shape index (κ3) is 6.37. The molecule has 2 rings (SSSR count). The van der Waals surface area contributed by atoms with E-state index in [-0.39, 0.29) is 5.69 Å². The molecule has 0 aliphatic rings. The molecule has 0 unspecified atom stereocenters. The molecule has 0 radical (unpaired) electrons. The van der Waals surface area contributed by atoms with E-state index in [0.717, 1.165) is 37.1 Å². The van der Waals surface area contributed by atoms with Gasteiger partial charge in [0.15, 0.2) is 6.21 Å². The van der Waals surface area contributed by atoms with E-state index in [0.29, 0.717) is 28.7 Å². The van der Waals surface area contributed by atoms with Crippen molar-refractivity contribution in [3.63, 3.8) is 0 Å². The van der Waals surface area contributed by atoms with Crippen LogP contribution in [0.4, 0.5) is 18.9 Å². The van der Waals surface area contributed by atoms with Crippen LogP contribution in [0.2, 0.25) is 0 Å². The minimum absolute atomic E-state index is 0.0780. The molecule has 0 saturated heterocycles. The summed E-state index contributed by atoms with van der Waals surface area (Å²) < 4.78 is 38.5. The Morgan fingerprint density at radius 3 is 2.14 bits per heavy atom. The maximum absolute atomic E-state index is 12.7. The van der Waals surface area contributed by atoms with Gasteiger partial charge in [-0.1, -0.05) is 50.7 Å². The van der Waals surface area contributed by atoms with Crippen molar-refractivity contribution < 1.29 is 23.0 Å². The maximum atomic E-state index is 12.7. The van der Waals surface area contributed by atoms with Crippen LogP contribution in [0, 0.1) is 17.0 Å². The summed E-state index contributed by atoms with van der Waals surface area (Å²) in [7, 11) is 0. The zero-order valence-corrected chi connectivity index (χ0v) is 16.5. The number of hydrogen-bond acceptors (Lipinski definition) is 2. The molecule has 3 nitrogen and oxygen atoms in total. The van der Waals surface area contributed by atoms with Crippen molar-refractivity contribution in [2.45, 2.75) is 51.3 Å². The number of benzene rings is 2. The zero-order chi connectivity index (χ0) is 21.5. The smallest absolute Gasteiger partial charge is 0.416 e. The fourth-order valence-corrected chi connectivity index (χ4v) is 2.98. The van der Waals surface area contributed by atoms with E-state index in [2.05, 4.69) is 11.8 Å². The lowest BCUT2D eigenvalue weighted by molar-refractivity contribution is -0.354. The van der Waals surface area contributed by atoms with Gasteiger partial charge < -0.3 is 10.3 Å². The molecular formula is C23H24F3NO2. The van der Waals surface area contributed by atoms with Gasteiger partial charge in [-0.15, -0.1) is 0 Å². The lowest BCUT2D eigenvalue weighted by Gasteiger charge is -2.20. The van der Waals surface area contributed by atoms with Gasteiger partial charge >= 0.3 is 6.18 Å². The Morgan fingerprint density at radius 1 is 1.00 bits per heavy atom. The molecule has 1 N–H and O–H groups in total. The van der Waals surface area contributed by atoms with Crippen molar-refractivity contribution in [1.82, 2.24) is 0 Å². The topological polar surface area (TPSA) is 46.3 Å². The average molecular weight is 403 g/mol. The van der Waals surface area contributed by atoms with Crippen LogP contribution in [0.3, 0.4) is 0 Å². The Balaban J connectivity index is 2.34. The van der Waals surface area contributed by atoms with E-state index in [9.17, 15) is 23.5 Å². The van der Waals surface area contributed by atoms with Crippen LogP contribution in [-0.2, 0) is 6.18 Å². The summed E-state index contributed by atoms with van der Waals surface area (Å²) in [5.74, 6) is 5.90. The van der Waals surface area contributed by atoms with Gasteiger partial charge in [-0.2, -0.15) is 17.9 Å². The minimum atomic E-state index is -4.45. The van der Waals surface area contributed by atoms with Gasteiger partial charge in [0.05, 0.1) is 11.1 Å². The normalized spacial score (nSPS) is 12.4. The second-order valence-corrected chi connectivity index (χ2v) is 6.87. The number of alkyl halides is 3. The summed E-state index contributed by atoms with van der Waals surface area (Å²) >= 11 is 0. The van der Waals surface area contributed by atoms with Gasteiger partial charge in [-0.05, 0) is 37.1 Å². The monoisotopic (exact) mass is 403 g/mol. The number of aliphatic hydroxyl groups is 1. The van der Waals surface area contributed by atoms with Gasteiger partial charge in [0, 0.05) is 17.7 Å². The fourth-order valence-electron chi connectivity index (χ4n) is 2.98. The molecule has 0 spiro atoms. The van der Waals surface area contributed by atoms with E-state index in [4.69, 9.17) is 0 Å². The minimum Gasteiger partial charge on any atom is -0.618 e. The third-order valence-corrected chi connectivity index (χ3v) is 4.42. The largest absolute Gasteiger partial charge is 0.618 e. The molecular weight excluding hydrogens is 379 g/mol. The number of rotatable bonds is 6. The van der Waals surface area contributed by atoms with Gasteiger partial charge in [0.1, 0.15) is 5.60 Å². The molecule has 154 valence electrons. The summed E-state index contributed by atoms with van der Waals surface area (Å²) in [5, 5.41) is 23.1. The molecule has 0 aliphatic carbocycles. The van der Waals surface area contributed by atoms with E-state index in [1.165, 1.54) is 6.21 Å². The first kappa shape index (κ1) is 22.5. The molecule has 2 aromatic carbocycles. The molecule has 0 atom stereocenters. The summed E-state index contributed by atoms with van der Waals surface area (Å²) in [6, 6.07) is 10.9. The molecule has 2 aromatic rings. The lowest BCUT2D eigenvalue weighted by Crippen LogP contribution is -2.25. The van der Waals surface area contributed by atoms with Crippen LogP contribution in [0.5, 0.6) is 0 Å². The highest BCUT2D eigenvalue weighted by Crippen LogP contribution is 2.30. The molecule has 6 heteroatoms. The van der Waals surface area contributed by atoms with Gasteiger partial charge in [-0.3, -0.25) is 0 Å². The zero-order valence-electron chi connectivity index (χ0n) is 16.5. The molecule has 0 aliphatic heterocycles. The molecule has 0 amide bonds. The summed E-state index contributed by atoms with van der Waals surface area (Å²) in [5.41, 5.74) is -0.737. The predicted molar refractivity (Wildman–Crippen MR) is 108 cm³/mol. The van der Waals surface area contributed by atoms with E-state index < -0.39 is 17.3 Å². The fraction of sp³-hybridized carbons (Fsp3) is 0.348. The third-order valence-electron chi connectivity index (χ3n) is 4.42. The highest BCUT2D eigenvalue weighted by molar-refractivity contribution is 5.81. The van der Waals surface area contributed by atoms with Crippen LogP contribution >= 0.6 is 0 Å². The molecule has 29 heavy (non-hydrogen) atoms. The standard InChI is InChI=1S/C23H24F3NO2/c1-3-14-22(28,15-4-2)16-13-18-7-5-6-8-19(18)17-27(29)21-11-9-20(10-12-21)23(24,25)26/h5-12,17,28H,3-4,14-15H2,1-2H3/b27-17-. The van der Waals surface area contributed by atoms with Gasteiger partial charge in [0.25, 0.3) is 0 Å². The Hall–Kier alpha value is -2.78. The van der Waals surface area contributed by atoms with E-state index in [1.807, 2.05) is 13.8 Å². The van der Waals surface area contributed by atoms with Crippen molar-refractivity contribution in [2.75, 3.05) is 0 Å². The predicted octanol–water partition coefficient (Wildman–Crippen LogP) is 5.65. The van der Waals surface area contributed by atoms with Crippen molar-refractivity contribution in [3.8, 4) is 11.8 Å². The molecule has 0 heterocycles. The van der Waals surface area contributed by atoms with Crippen molar-refractivity contribution >= 4 is 11.9 Å². The Morgan fingerprint density at radius 2 is 1.59 bits per heavy atom. The molecule has 0 aromatic heterocycles. The SMILES string of the molecule is CCCC(O)(C#Cc1ccccc1/C=[N+](\[O-])c1ccc(C(F)(F)F)cc1)CCC. The quantitative estimate of drug-likeness (QED) is 0.223. The van der Waals surface area contributed by atoms with Gasteiger partial charge in [-0.25, -0.2) is 0 Å². The highest BCUT2D eigenvalue weighted by atomic mass is 19.4. The maximum Gasteiger partial charge on any atom is 0.416 e. The van der Waals surface area contributed by atoms with Crippen LogP contribution < -0.4 is 0 Å². The number of hydrogen-bond donors (Lipinski definition) is 1. The van der Waals surface area contributed by atoms with Crippen LogP contribution in [-0.4, -0.2) is 21.7 Å². The summed E-state index contributed by atoms with van der Waals surface area (Å²) in [6.45, 7) is 3.95. The number of nitrogens with zero attached hydrogens (tertiary/aromatic N) is 1. The molecule has 0 saturated carbocycles. The highest BCUT2D eigenvalue weighted by Gasteiger charge is 2.30. The Labute approximate surface area is 169 Å². The molecule has 0 fully saturated rings. The average Bonchev–Trinajstić information content (AvgIpc) is 2.67. The lowest BCUT2D eigenvalue weighted by atomic mass is 9.93. The van der Waals surface area contributed by atoms with Crippen LogP contribution in [0.25, 0.3) is 0 Å². The van der Waals surface area contributed by atoms with Crippen LogP contribution in [0.1, 0.15) is 56.2 Å². The first-order valence-electron chi connectivity index (χ1n) is 9.51. The van der Waals surface area contributed by atoms with Gasteiger partial charge in [0.2, 0.25) is 5.69 Å². The van der Waals surface area contributed by atoms with E-state index in [1.54, 1.807) is 24.3 Å². The second-order valence-electron chi connectivity index (χ2n) is 6.87. The van der Waals surface area contributed by atoms with E-state index >= 15 is 0 Å². The summed E-state index contributed by atoms with van der Waals surface area (Å²) in [4.78, 5) is 0. The molecule has 0 bridgehead atoms. The van der Waals surface area contributed by atoms with Crippen molar-refractivity contribution in [3.05, 3.63) is 70.4 Å². The Bertz CT molecular complexity index is 900. The van der Waals surface area contributed by atoms with Crippen LogP contribution in [0.15, 0.2) is 48.5 Å². The van der Waals surface area contributed by atoms with Crippen molar-refractivity contribution in [2.24, 2.45) is 0 Å². The van der Waals surface area contributed by atoms with Crippen molar-refractivity contribution in [1.29, 1.82) is 0 Å². The number of halogens is 3. The summed E-state index contributed by atoms with van der Waals surface area (Å²) in [6.07, 6.45) is -0.489. The first-order valence-corrected chi connectivity index (χ1v) is 9.51. The first-order chi connectivity index (χ1) is 13.7.